The summed E-state index contributed by atoms with van der Waals surface area (Å²) in [7, 11) is 0. The summed E-state index contributed by atoms with van der Waals surface area (Å²) >= 11 is 1.14. The van der Waals surface area contributed by atoms with Crippen molar-refractivity contribution in [2.24, 2.45) is 5.92 Å². The zero-order chi connectivity index (χ0) is 11.8. The number of nitrogens with one attached hydrogen (secondary N) is 1. The molecular formula is C10H19NO3S. The Morgan fingerprint density at radius 1 is 1.33 bits per heavy atom. The van der Waals surface area contributed by atoms with E-state index in [0.29, 0.717) is 12.5 Å². The van der Waals surface area contributed by atoms with Crippen LogP contribution in [0.25, 0.3) is 0 Å². The van der Waals surface area contributed by atoms with Crippen LogP contribution in [0.15, 0.2) is 0 Å². The van der Waals surface area contributed by atoms with Crippen molar-refractivity contribution in [1.82, 2.24) is 5.32 Å². The van der Waals surface area contributed by atoms with E-state index in [4.69, 9.17) is 5.11 Å². The van der Waals surface area contributed by atoms with E-state index in [1.165, 1.54) is 0 Å². The number of rotatable bonds is 7. The van der Waals surface area contributed by atoms with E-state index in [2.05, 4.69) is 19.2 Å². The summed E-state index contributed by atoms with van der Waals surface area (Å²) in [4.78, 5) is 21.7. The lowest BCUT2D eigenvalue weighted by molar-refractivity contribution is -0.136. The minimum Gasteiger partial charge on any atom is -0.480 e. The van der Waals surface area contributed by atoms with E-state index in [9.17, 15) is 9.59 Å². The van der Waals surface area contributed by atoms with Gasteiger partial charge in [-0.1, -0.05) is 13.8 Å². The van der Waals surface area contributed by atoms with Crippen molar-refractivity contribution in [3.8, 4) is 0 Å². The maximum atomic E-state index is 11.2. The molecule has 0 heterocycles. The number of hydrogen-bond donors (Lipinski definition) is 2. The molecule has 5 heteroatoms. The fourth-order valence-electron chi connectivity index (χ4n) is 0.823. The van der Waals surface area contributed by atoms with Crippen molar-refractivity contribution in [3.63, 3.8) is 0 Å². The van der Waals surface area contributed by atoms with Crippen molar-refractivity contribution >= 4 is 23.6 Å². The van der Waals surface area contributed by atoms with E-state index < -0.39 is 11.2 Å². The van der Waals surface area contributed by atoms with Gasteiger partial charge in [-0.3, -0.25) is 9.59 Å². The number of hydrogen-bond acceptors (Lipinski definition) is 3. The molecule has 0 aromatic rings. The van der Waals surface area contributed by atoms with Gasteiger partial charge in [0.2, 0.25) is 5.91 Å². The van der Waals surface area contributed by atoms with Crippen LogP contribution in [-0.2, 0) is 9.59 Å². The van der Waals surface area contributed by atoms with Gasteiger partial charge in [-0.25, -0.2) is 0 Å². The Morgan fingerprint density at radius 2 is 1.93 bits per heavy atom. The Kier molecular flexibility index (Phi) is 7.21. The lowest BCUT2D eigenvalue weighted by Gasteiger charge is -2.08. The van der Waals surface area contributed by atoms with Crippen LogP contribution in [0.3, 0.4) is 0 Å². The van der Waals surface area contributed by atoms with Crippen molar-refractivity contribution in [1.29, 1.82) is 0 Å². The fourth-order valence-corrected chi connectivity index (χ4v) is 1.47. The predicted molar refractivity (Wildman–Crippen MR) is 62.0 cm³/mol. The molecule has 0 saturated carbocycles. The first-order valence-electron chi connectivity index (χ1n) is 5.04. The highest BCUT2D eigenvalue weighted by Gasteiger charge is 2.13. The quantitative estimate of drug-likeness (QED) is 0.696. The summed E-state index contributed by atoms with van der Waals surface area (Å²) in [5, 5.41) is 10.8. The van der Waals surface area contributed by atoms with Crippen molar-refractivity contribution in [2.75, 3.05) is 12.3 Å². The van der Waals surface area contributed by atoms with Gasteiger partial charge in [-0.2, -0.15) is 0 Å². The molecule has 0 rings (SSSR count). The minimum absolute atomic E-state index is 0.0891. The van der Waals surface area contributed by atoms with Crippen LogP contribution in [0.2, 0.25) is 0 Å². The summed E-state index contributed by atoms with van der Waals surface area (Å²) in [6.45, 7) is 6.42. The number of carboxylic acid groups (broad SMARTS) is 1. The number of carbonyl (C=O) groups excluding carboxylic acids is 1. The first-order valence-corrected chi connectivity index (χ1v) is 6.09. The number of carbonyl (C=O) groups is 2. The summed E-state index contributed by atoms with van der Waals surface area (Å²) in [6.07, 6.45) is 0.949. The highest BCUT2D eigenvalue weighted by atomic mass is 32.2. The molecule has 0 aliphatic carbocycles. The lowest BCUT2D eigenvalue weighted by Crippen LogP contribution is -2.28. The number of aliphatic carboxylic acids is 1. The van der Waals surface area contributed by atoms with Crippen LogP contribution in [-0.4, -0.2) is 34.5 Å². The molecule has 88 valence electrons. The van der Waals surface area contributed by atoms with Gasteiger partial charge in [0.15, 0.2) is 0 Å². The minimum atomic E-state index is -0.880. The molecule has 4 nitrogen and oxygen atoms in total. The molecule has 15 heavy (non-hydrogen) atoms. The predicted octanol–water partition coefficient (Wildman–Crippen LogP) is 1.36. The van der Waals surface area contributed by atoms with Crippen LogP contribution >= 0.6 is 11.8 Å². The molecule has 0 radical (unpaired) electrons. The zero-order valence-electron chi connectivity index (χ0n) is 9.45. The van der Waals surface area contributed by atoms with Crippen LogP contribution in [0.4, 0.5) is 0 Å². The molecule has 0 aliphatic rings. The third-order valence-electron chi connectivity index (χ3n) is 1.86. The molecule has 1 unspecified atom stereocenters. The molecule has 1 atom stereocenters. The first kappa shape index (κ1) is 14.3. The van der Waals surface area contributed by atoms with Gasteiger partial charge in [-0.15, -0.1) is 11.8 Å². The third-order valence-corrected chi connectivity index (χ3v) is 2.99. The molecule has 0 aliphatic heterocycles. The maximum absolute atomic E-state index is 11.2. The molecule has 0 spiro atoms. The van der Waals surface area contributed by atoms with E-state index in [1.807, 2.05) is 0 Å². The van der Waals surface area contributed by atoms with Crippen LogP contribution in [0.1, 0.15) is 27.2 Å². The largest absolute Gasteiger partial charge is 0.480 e. The molecular weight excluding hydrogens is 214 g/mol. The van der Waals surface area contributed by atoms with E-state index in [-0.39, 0.29) is 11.7 Å². The Bertz CT molecular complexity index is 219. The highest BCUT2D eigenvalue weighted by Crippen LogP contribution is 2.09. The molecule has 0 bridgehead atoms. The highest BCUT2D eigenvalue weighted by molar-refractivity contribution is 8.01. The van der Waals surface area contributed by atoms with E-state index in [0.717, 1.165) is 18.2 Å². The maximum Gasteiger partial charge on any atom is 0.316 e. The first-order chi connectivity index (χ1) is 6.93. The van der Waals surface area contributed by atoms with Gasteiger partial charge >= 0.3 is 5.97 Å². The van der Waals surface area contributed by atoms with E-state index >= 15 is 0 Å². The Morgan fingerprint density at radius 3 is 2.40 bits per heavy atom. The third kappa shape index (κ3) is 8.30. The van der Waals surface area contributed by atoms with Crippen molar-refractivity contribution in [2.45, 2.75) is 32.4 Å². The average molecular weight is 233 g/mol. The second kappa shape index (κ2) is 7.56. The Hall–Kier alpha value is -0.710. The lowest BCUT2D eigenvalue weighted by atomic mass is 10.1. The van der Waals surface area contributed by atoms with Gasteiger partial charge in [0.05, 0.1) is 11.0 Å². The Balaban J connectivity index is 3.53. The van der Waals surface area contributed by atoms with Gasteiger partial charge < -0.3 is 10.4 Å². The van der Waals surface area contributed by atoms with Crippen molar-refractivity contribution in [3.05, 3.63) is 0 Å². The SMILES string of the molecule is CC(C)CCNC(=O)CSC(C)C(=O)O. The zero-order valence-corrected chi connectivity index (χ0v) is 10.3. The van der Waals surface area contributed by atoms with Gasteiger partial charge in [0, 0.05) is 6.54 Å². The van der Waals surface area contributed by atoms with Crippen molar-refractivity contribution < 1.29 is 14.7 Å². The second-order valence-electron chi connectivity index (χ2n) is 3.82. The summed E-state index contributed by atoms with van der Waals surface area (Å²) in [6, 6.07) is 0. The van der Waals surface area contributed by atoms with Gasteiger partial charge in [0.25, 0.3) is 0 Å². The summed E-state index contributed by atoms with van der Waals surface area (Å²) in [5.74, 6) is -0.189. The van der Waals surface area contributed by atoms with Crippen LogP contribution in [0, 0.1) is 5.92 Å². The van der Waals surface area contributed by atoms with Gasteiger partial charge in [0.1, 0.15) is 0 Å². The molecule has 0 fully saturated rings. The standard InChI is InChI=1S/C10H19NO3S/c1-7(2)4-5-11-9(12)6-15-8(3)10(13)14/h7-8H,4-6H2,1-3H3,(H,11,12)(H,13,14). The Labute approximate surface area is 94.8 Å². The molecule has 0 saturated heterocycles. The number of thioether (sulfide) groups is 1. The molecule has 0 aromatic heterocycles. The summed E-state index contributed by atoms with van der Waals surface area (Å²) in [5.41, 5.74) is 0. The molecule has 0 aromatic carbocycles. The topological polar surface area (TPSA) is 66.4 Å². The smallest absolute Gasteiger partial charge is 0.316 e. The molecule has 2 N–H and O–H groups in total. The average Bonchev–Trinajstić information content (AvgIpc) is 2.13. The number of carboxylic acids is 1. The van der Waals surface area contributed by atoms with E-state index in [1.54, 1.807) is 6.92 Å². The second-order valence-corrected chi connectivity index (χ2v) is 5.15. The summed E-state index contributed by atoms with van der Waals surface area (Å²) < 4.78 is 0. The van der Waals surface area contributed by atoms with Gasteiger partial charge in [-0.05, 0) is 19.3 Å². The molecule has 1 amide bonds. The van der Waals surface area contributed by atoms with Crippen LogP contribution < -0.4 is 5.32 Å². The normalized spacial score (nSPS) is 12.5. The van der Waals surface area contributed by atoms with Crippen LogP contribution in [0.5, 0.6) is 0 Å². The number of amides is 1. The monoisotopic (exact) mass is 233 g/mol. The fraction of sp³-hybridized carbons (Fsp3) is 0.800.